The Morgan fingerprint density at radius 1 is 1.37 bits per heavy atom. The number of hydrogen-bond acceptors (Lipinski definition) is 6. The van der Waals surface area contributed by atoms with Crippen molar-refractivity contribution in [1.29, 1.82) is 5.26 Å². The highest BCUT2D eigenvalue weighted by atomic mass is 32.2. The van der Waals surface area contributed by atoms with Gasteiger partial charge in [-0.1, -0.05) is 19.1 Å². The summed E-state index contributed by atoms with van der Waals surface area (Å²) in [7, 11) is 0. The molecular formula is C20H18N2O4S. The number of anilines is 1. The van der Waals surface area contributed by atoms with E-state index in [4.69, 9.17) is 14.4 Å². The first-order valence-corrected chi connectivity index (χ1v) is 9.35. The van der Waals surface area contributed by atoms with Crippen LogP contribution in [0.5, 0.6) is 0 Å². The number of thioether (sulfide) groups is 1. The average molecular weight is 382 g/mol. The molecule has 1 atom stereocenters. The van der Waals surface area contributed by atoms with Crippen LogP contribution in [0.25, 0.3) is 6.08 Å². The van der Waals surface area contributed by atoms with Crippen LogP contribution >= 0.6 is 11.8 Å². The van der Waals surface area contributed by atoms with Crippen LogP contribution in [0, 0.1) is 11.3 Å². The predicted molar refractivity (Wildman–Crippen MR) is 102 cm³/mol. The molecule has 1 aliphatic heterocycles. The first-order valence-electron chi connectivity index (χ1n) is 8.47. The van der Waals surface area contributed by atoms with E-state index in [9.17, 15) is 9.59 Å². The Labute approximate surface area is 161 Å². The van der Waals surface area contributed by atoms with E-state index in [-0.39, 0.29) is 11.5 Å². The number of benzene rings is 1. The number of para-hydroxylation sites is 1. The lowest BCUT2D eigenvalue weighted by molar-refractivity contribution is -0.143. The van der Waals surface area contributed by atoms with Crippen molar-refractivity contribution in [3.63, 3.8) is 0 Å². The molecule has 1 aromatic carbocycles. The largest absolute Gasteiger partial charge is 0.465 e. The van der Waals surface area contributed by atoms with E-state index in [1.165, 1.54) is 12.3 Å². The fraction of sp³-hybridized carbons (Fsp3) is 0.250. The summed E-state index contributed by atoms with van der Waals surface area (Å²) < 4.78 is 10.2. The van der Waals surface area contributed by atoms with E-state index in [2.05, 4.69) is 6.92 Å². The van der Waals surface area contributed by atoms with Gasteiger partial charge >= 0.3 is 5.97 Å². The molecular weight excluding hydrogens is 364 g/mol. The van der Waals surface area contributed by atoms with Gasteiger partial charge in [0.25, 0.3) is 5.91 Å². The number of hydrogen-bond donors (Lipinski definition) is 0. The molecule has 0 aliphatic carbocycles. The number of nitrogens with zero attached hydrogens (tertiary/aromatic N) is 2. The molecule has 27 heavy (non-hydrogen) atoms. The first kappa shape index (κ1) is 18.8. The standard InChI is InChI=1S/C20H18N2O4S/c1-14-8-9-22(17-6-2-3-7-18(17)27-14)19(23)13-26-20(24)15(12-21)11-16-5-4-10-25-16/h2-7,10-11,14H,8-9,13H2,1H3/b15-11+/t14-/m0/s1. The van der Waals surface area contributed by atoms with Crippen molar-refractivity contribution in [2.24, 2.45) is 0 Å². The van der Waals surface area contributed by atoms with Crippen LogP contribution in [0.3, 0.4) is 0 Å². The molecule has 3 rings (SSSR count). The fourth-order valence-electron chi connectivity index (χ4n) is 2.68. The second-order valence-corrected chi connectivity index (χ2v) is 7.47. The number of rotatable bonds is 4. The summed E-state index contributed by atoms with van der Waals surface area (Å²) in [6.45, 7) is 2.24. The van der Waals surface area contributed by atoms with Gasteiger partial charge in [-0.15, -0.1) is 11.8 Å². The summed E-state index contributed by atoms with van der Waals surface area (Å²) in [4.78, 5) is 27.5. The zero-order valence-corrected chi connectivity index (χ0v) is 15.6. The summed E-state index contributed by atoms with van der Waals surface area (Å²) in [6, 6.07) is 12.7. The molecule has 2 aromatic rings. The van der Waals surface area contributed by atoms with Gasteiger partial charge < -0.3 is 14.1 Å². The molecule has 7 heteroatoms. The molecule has 0 saturated carbocycles. The van der Waals surface area contributed by atoms with E-state index < -0.39 is 12.6 Å². The number of esters is 1. The highest BCUT2D eigenvalue weighted by Crippen LogP contribution is 2.37. The van der Waals surface area contributed by atoms with Crippen LogP contribution in [0.1, 0.15) is 19.1 Å². The van der Waals surface area contributed by atoms with Crippen molar-refractivity contribution in [2.75, 3.05) is 18.1 Å². The highest BCUT2D eigenvalue weighted by Gasteiger charge is 2.25. The van der Waals surface area contributed by atoms with Crippen molar-refractivity contribution in [3.8, 4) is 6.07 Å². The maximum Gasteiger partial charge on any atom is 0.349 e. The lowest BCUT2D eigenvalue weighted by Gasteiger charge is -2.22. The Balaban J connectivity index is 1.69. The van der Waals surface area contributed by atoms with Crippen molar-refractivity contribution in [3.05, 3.63) is 54.0 Å². The number of fused-ring (bicyclic) bond motifs is 1. The summed E-state index contributed by atoms with van der Waals surface area (Å²) in [6.07, 6.45) is 3.55. The number of amides is 1. The monoisotopic (exact) mass is 382 g/mol. The molecule has 138 valence electrons. The molecule has 1 amide bonds. The normalized spacial score (nSPS) is 16.8. The Hall–Kier alpha value is -2.98. The molecule has 0 saturated heterocycles. The van der Waals surface area contributed by atoms with Gasteiger partial charge in [0.1, 0.15) is 17.4 Å². The second kappa shape index (κ2) is 8.60. The van der Waals surface area contributed by atoms with Crippen molar-refractivity contribution in [1.82, 2.24) is 0 Å². The van der Waals surface area contributed by atoms with Crippen molar-refractivity contribution < 1.29 is 18.7 Å². The van der Waals surface area contributed by atoms with Gasteiger partial charge in [0, 0.05) is 22.8 Å². The Morgan fingerprint density at radius 2 is 2.19 bits per heavy atom. The van der Waals surface area contributed by atoms with Crippen LogP contribution in [-0.4, -0.2) is 30.3 Å². The number of furan rings is 1. The topological polar surface area (TPSA) is 83.5 Å². The molecule has 0 spiro atoms. The van der Waals surface area contributed by atoms with E-state index in [1.807, 2.05) is 24.3 Å². The molecule has 1 aliphatic rings. The molecule has 2 heterocycles. The Kier molecular flexibility index (Phi) is 5.99. The van der Waals surface area contributed by atoms with Crippen LogP contribution in [-0.2, 0) is 14.3 Å². The van der Waals surface area contributed by atoms with Gasteiger partial charge in [0.15, 0.2) is 6.61 Å². The smallest absolute Gasteiger partial charge is 0.349 e. The third-order valence-electron chi connectivity index (χ3n) is 4.04. The van der Waals surface area contributed by atoms with Crippen molar-refractivity contribution in [2.45, 2.75) is 23.5 Å². The van der Waals surface area contributed by atoms with Crippen LogP contribution in [0.15, 0.2) is 57.5 Å². The minimum absolute atomic E-state index is 0.224. The maximum atomic E-state index is 12.7. The van der Waals surface area contributed by atoms with Gasteiger partial charge in [0.05, 0.1) is 12.0 Å². The third-order valence-corrected chi connectivity index (χ3v) is 5.28. The maximum absolute atomic E-state index is 12.7. The van der Waals surface area contributed by atoms with Crippen LogP contribution < -0.4 is 4.90 Å². The SMILES string of the molecule is C[C@H]1CCN(C(=O)COC(=O)/C(C#N)=C/c2ccco2)c2ccccc2S1. The molecule has 0 unspecified atom stereocenters. The minimum Gasteiger partial charge on any atom is -0.465 e. The highest BCUT2D eigenvalue weighted by molar-refractivity contribution is 8.00. The Bertz CT molecular complexity index is 899. The summed E-state index contributed by atoms with van der Waals surface area (Å²) in [5.74, 6) is -0.809. The van der Waals surface area contributed by atoms with Crippen molar-refractivity contribution >= 4 is 35.4 Å². The molecule has 0 radical (unpaired) electrons. The van der Waals surface area contributed by atoms with E-state index in [0.717, 1.165) is 17.0 Å². The number of carbonyl (C=O) groups is 2. The second-order valence-electron chi connectivity index (χ2n) is 5.99. The van der Waals surface area contributed by atoms with E-state index in [0.29, 0.717) is 17.6 Å². The first-order chi connectivity index (χ1) is 13.1. The molecule has 1 aromatic heterocycles. The third kappa shape index (κ3) is 4.60. The quantitative estimate of drug-likeness (QED) is 0.456. The molecule has 6 nitrogen and oxygen atoms in total. The molecule has 0 N–H and O–H groups in total. The van der Waals surface area contributed by atoms with Gasteiger partial charge in [-0.2, -0.15) is 5.26 Å². The predicted octanol–water partition coefficient (Wildman–Crippen LogP) is 3.65. The van der Waals surface area contributed by atoms with Crippen LogP contribution in [0.2, 0.25) is 0 Å². The zero-order chi connectivity index (χ0) is 19.2. The van der Waals surface area contributed by atoms with Gasteiger partial charge in [0.2, 0.25) is 0 Å². The summed E-state index contributed by atoms with van der Waals surface area (Å²) >= 11 is 1.72. The number of carbonyl (C=O) groups excluding carboxylic acids is 2. The molecule has 0 fully saturated rings. The fourth-order valence-corrected chi connectivity index (χ4v) is 3.79. The average Bonchev–Trinajstić information content (AvgIpc) is 3.12. The Morgan fingerprint density at radius 3 is 2.93 bits per heavy atom. The van der Waals surface area contributed by atoms with Gasteiger partial charge in [-0.05, 0) is 30.7 Å². The van der Waals surface area contributed by atoms with E-state index in [1.54, 1.807) is 34.9 Å². The minimum atomic E-state index is -0.854. The zero-order valence-electron chi connectivity index (χ0n) is 14.8. The lowest BCUT2D eigenvalue weighted by Crippen LogP contribution is -2.36. The van der Waals surface area contributed by atoms with Gasteiger partial charge in [-0.25, -0.2) is 4.79 Å². The summed E-state index contributed by atoms with van der Waals surface area (Å²) in [5.41, 5.74) is 0.595. The number of ether oxygens (including phenoxy) is 1. The van der Waals surface area contributed by atoms with E-state index >= 15 is 0 Å². The van der Waals surface area contributed by atoms with Crippen LogP contribution in [0.4, 0.5) is 5.69 Å². The van der Waals surface area contributed by atoms with Gasteiger partial charge in [-0.3, -0.25) is 4.79 Å². The lowest BCUT2D eigenvalue weighted by atomic mass is 10.2. The summed E-state index contributed by atoms with van der Waals surface area (Å²) in [5, 5.41) is 9.53. The number of nitriles is 1. The molecule has 0 bridgehead atoms.